The van der Waals surface area contributed by atoms with Gasteiger partial charge < -0.3 is 4.48 Å². The van der Waals surface area contributed by atoms with Crippen molar-refractivity contribution in [2.75, 3.05) is 27.7 Å². The molecule has 0 aromatic rings. The van der Waals surface area contributed by atoms with Gasteiger partial charge in [-0.25, -0.2) is 0 Å². The molecule has 0 amide bonds. The van der Waals surface area contributed by atoms with Crippen LogP contribution in [0.3, 0.4) is 0 Å². The molecule has 116 valence electrons. The first kappa shape index (κ1) is 17.5. The Morgan fingerprint density at radius 1 is 1.10 bits per heavy atom. The summed E-state index contributed by atoms with van der Waals surface area (Å²) in [6, 6.07) is 0. The van der Waals surface area contributed by atoms with E-state index in [1.807, 2.05) is 0 Å². The molecule has 20 heavy (non-hydrogen) atoms. The summed E-state index contributed by atoms with van der Waals surface area (Å²) in [7, 11) is 6.97. The van der Waals surface area contributed by atoms with Gasteiger partial charge in [-0.1, -0.05) is 49.0 Å². The van der Waals surface area contributed by atoms with Gasteiger partial charge in [-0.3, -0.25) is 0 Å². The summed E-state index contributed by atoms with van der Waals surface area (Å²) in [6.45, 7) is 13.0. The first-order valence-corrected chi connectivity index (χ1v) is 8.28. The fourth-order valence-corrected chi connectivity index (χ4v) is 4.12. The lowest BCUT2D eigenvalue weighted by Crippen LogP contribution is -2.49. The smallest absolute Gasteiger partial charge is 0.0878 e. The van der Waals surface area contributed by atoms with Crippen molar-refractivity contribution in [1.29, 1.82) is 0 Å². The molecule has 0 N–H and O–H groups in total. The zero-order valence-corrected chi connectivity index (χ0v) is 15.1. The molecule has 0 aromatic carbocycles. The van der Waals surface area contributed by atoms with E-state index in [-0.39, 0.29) is 0 Å². The van der Waals surface area contributed by atoms with Crippen molar-refractivity contribution in [3.05, 3.63) is 22.8 Å². The maximum absolute atomic E-state index is 2.50. The van der Waals surface area contributed by atoms with Crippen LogP contribution >= 0.6 is 0 Å². The van der Waals surface area contributed by atoms with Crippen LogP contribution in [0.2, 0.25) is 0 Å². The van der Waals surface area contributed by atoms with E-state index in [2.05, 4.69) is 61.8 Å². The predicted octanol–water partition coefficient (Wildman–Crippen LogP) is 5.19. The number of hydrogen-bond donors (Lipinski definition) is 0. The quantitative estimate of drug-likeness (QED) is 0.463. The standard InChI is InChI=1S/C19H36N/c1-9-10-11-12-18-16(3)13-15(2)17(4)19(18,5)14-20(6,7)8/h13,18H,9-12,14H2,1-8H3/q+1/t18-,19+/m1/s1. The molecule has 0 saturated heterocycles. The average Bonchev–Trinajstić information content (AvgIpc) is 2.29. The van der Waals surface area contributed by atoms with Gasteiger partial charge in [0.25, 0.3) is 0 Å². The van der Waals surface area contributed by atoms with Crippen molar-refractivity contribution in [1.82, 2.24) is 0 Å². The fourth-order valence-electron chi connectivity index (χ4n) is 4.12. The molecule has 0 aromatic heterocycles. The number of allylic oxidation sites excluding steroid dienone is 3. The van der Waals surface area contributed by atoms with E-state index in [1.165, 1.54) is 37.8 Å². The van der Waals surface area contributed by atoms with E-state index in [0.29, 0.717) is 5.41 Å². The largest absolute Gasteiger partial charge is 0.330 e. The lowest BCUT2D eigenvalue weighted by Gasteiger charge is -2.46. The van der Waals surface area contributed by atoms with E-state index in [0.717, 1.165) is 10.4 Å². The molecule has 1 aliphatic rings. The normalized spacial score (nSPS) is 27.8. The summed E-state index contributed by atoms with van der Waals surface area (Å²) in [4.78, 5) is 0. The number of unbranched alkanes of at least 4 members (excludes halogenated alkanes) is 2. The van der Waals surface area contributed by atoms with Crippen molar-refractivity contribution in [3.63, 3.8) is 0 Å². The second kappa shape index (κ2) is 6.47. The topological polar surface area (TPSA) is 0 Å². The average molecular weight is 279 g/mol. The van der Waals surface area contributed by atoms with Gasteiger partial charge in [0.15, 0.2) is 0 Å². The van der Waals surface area contributed by atoms with E-state index >= 15 is 0 Å². The van der Waals surface area contributed by atoms with Crippen LogP contribution in [0.1, 0.15) is 60.3 Å². The Kier molecular flexibility index (Phi) is 5.66. The maximum atomic E-state index is 2.50. The van der Waals surface area contributed by atoms with Gasteiger partial charge in [0.05, 0.1) is 27.7 Å². The molecular formula is C19H36N+. The molecule has 0 heterocycles. The zero-order valence-electron chi connectivity index (χ0n) is 15.1. The highest BCUT2D eigenvalue weighted by Gasteiger charge is 2.43. The van der Waals surface area contributed by atoms with Crippen molar-refractivity contribution in [3.8, 4) is 0 Å². The van der Waals surface area contributed by atoms with Crippen molar-refractivity contribution in [2.24, 2.45) is 11.3 Å². The second-order valence-corrected chi connectivity index (χ2v) is 8.11. The summed E-state index contributed by atoms with van der Waals surface area (Å²) in [5.41, 5.74) is 5.01. The van der Waals surface area contributed by atoms with Gasteiger partial charge >= 0.3 is 0 Å². The monoisotopic (exact) mass is 278 g/mol. The molecule has 1 rings (SSSR count). The molecule has 0 radical (unpaired) electrons. The highest BCUT2D eigenvalue weighted by Crippen LogP contribution is 2.47. The van der Waals surface area contributed by atoms with Crippen LogP contribution < -0.4 is 0 Å². The van der Waals surface area contributed by atoms with Gasteiger partial charge in [0.2, 0.25) is 0 Å². The molecule has 1 heteroatoms. The van der Waals surface area contributed by atoms with Crippen molar-refractivity contribution >= 4 is 0 Å². The minimum Gasteiger partial charge on any atom is -0.330 e. The lowest BCUT2D eigenvalue weighted by atomic mass is 9.62. The number of rotatable bonds is 6. The fraction of sp³-hybridized carbons (Fsp3) is 0.789. The van der Waals surface area contributed by atoms with Crippen LogP contribution in [-0.4, -0.2) is 32.2 Å². The summed E-state index contributed by atoms with van der Waals surface area (Å²) < 4.78 is 1.04. The molecule has 0 aliphatic heterocycles. The highest BCUT2D eigenvalue weighted by molar-refractivity contribution is 5.37. The Morgan fingerprint density at radius 3 is 2.20 bits per heavy atom. The van der Waals surface area contributed by atoms with Crippen LogP contribution in [0.5, 0.6) is 0 Å². The maximum Gasteiger partial charge on any atom is 0.0878 e. The second-order valence-electron chi connectivity index (χ2n) is 8.11. The molecule has 2 atom stereocenters. The van der Waals surface area contributed by atoms with Gasteiger partial charge in [-0.2, -0.15) is 0 Å². The van der Waals surface area contributed by atoms with Crippen LogP contribution in [0.15, 0.2) is 22.8 Å². The van der Waals surface area contributed by atoms with E-state index in [9.17, 15) is 0 Å². The third-order valence-corrected chi connectivity index (χ3v) is 5.11. The first-order chi connectivity index (χ1) is 9.12. The zero-order chi connectivity index (χ0) is 15.6. The Bertz CT molecular complexity index is 394. The van der Waals surface area contributed by atoms with Crippen LogP contribution in [-0.2, 0) is 0 Å². The van der Waals surface area contributed by atoms with Gasteiger partial charge in [-0.05, 0) is 40.0 Å². The molecule has 0 bridgehead atoms. The predicted molar refractivity (Wildman–Crippen MR) is 90.8 cm³/mol. The van der Waals surface area contributed by atoms with Crippen molar-refractivity contribution in [2.45, 2.75) is 60.3 Å². The summed E-state index contributed by atoms with van der Waals surface area (Å²) >= 11 is 0. The Morgan fingerprint density at radius 2 is 1.70 bits per heavy atom. The molecule has 1 nitrogen and oxygen atoms in total. The van der Waals surface area contributed by atoms with E-state index in [4.69, 9.17) is 0 Å². The molecular weight excluding hydrogens is 242 g/mol. The Balaban J connectivity index is 3.07. The minimum absolute atomic E-state index is 0.314. The highest BCUT2D eigenvalue weighted by atomic mass is 15.3. The van der Waals surface area contributed by atoms with Crippen LogP contribution in [0, 0.1) is 11.3 Å². The molecule has 0 fully saturated rings. The number of quaternary nitrogens is 1. The van der Waals surface area contributed by atoms with Crippen molar-refractivity contribution < 1.29 is 4.48 Å². The van der Waals surface area contributed by atoms with Crippen LogP contribution in [0.25, 0.3) is 0 Å². The number of nitrogens with zero attached hydrogens (tertiary/aromatic N) is 1. The van der Waals surface area contributed by atoms with E-state index < -0.39 is 0 Å². The first-order valence-electron chi connectivity index (χ1n) is 8.28. The third-order valence-electron chi connectivity index (χ3n) is 5.11. The van der Waals surface area contributed by atoms with Gasteiger partial charge in [0.1, 0.15) is 0 Å². The molecule has 0 spiro atoms. The van der Waals surface area contributed by atoms with Gasteiger partial charge in [0, 0.05) is 5.41 Å². The minimum atomic E-state index is 0.314. The number of hydrogen-bond acceptors (Lipinski definition) is 0. The summed E-state index contributed by atoms with van der Waals surface area (Å²) in [5, 5.41) is 0. The molecule has 0 unspecified atom stereocenters. The van der Waals surface area contributed by atoms with E-state index in [1.54, 1.807) is 11.1 Å². The Hall–Kier alpha value is -0.560. The summed E-state index contributed by atoms with van der Waals surface area (Å²) in [5.74, 6) is 0.718. The SMILES string of the molecule is CCCCC[C@@H]1C(C)=CC(C)=C(C)[C@]1(C)C[N+](C)(C)C. The Labute approximate surface area is 127 Å². The summed E-state index contributed by atoms with van der Waals surface area (Å²) in [6.07, 6.45) is 7.83. The molecule has 0 saturated carbocycles. The lowest BCUT2D eigenvalue weighted by molar-refractivity contribution is -0.876. The van der Waals surface area contributed by atoms with Crippen LogP contribution in [0.4, 0.5) is 0 Å². The van der Waals surface area contributed by atoms with Gasteiger partial charge in [-0.15, -0.1) is 0 Å². The molecule has 1 aliphatic carbocycles. The third kappa shape index (κ3) is 3.97.